The monoisotopic (exact) mass is 179 g/mol. The van der Waals surface area contributed by atoms with Crippen LogP contribution in [0.25, 0.3) is 12.7 Å². The zero-order valence-electron chi connectivity index (χ0n) is 6.50. The Morgan fingerprint density at radius 2 is 2.25 bits per heavy atom. The summed E-state index contributed by atoms with van der Waals surface area (Å²) in [7, 11) is 0. The summed E-state index contributed by atoms with van der Waals surface area (Å²) in [6.07, 6.45) is 3.38. The fourth-order valence-electron chi connectivity index (χ4n) is 0.909. The Kier molecular flexibility index (Phi) is 2.45. The number of aromatic nitrogens is 1. The number of pyridine rings is 1. The molecule has 0 saturated heterocycles. The largest absolute Gasteiger partial charge is 0.495 e. The Labute approximate surface area is 75.2 Å². The van der Waals surface area contributed by atoms with Gasteiger partial charge in [-0.1, -0.05) is 37.5 Å². The van der Waals surface area contributed by atoms with Crippen molar-refractivity contribution in [1.82, 2.24) is 4.98 Å². The first-order valence-electron chi connectivity index (χ1n) is 3.39. The van der Waals surface area contributed by atoms with Crippen LogP contribution in [0.2, 0.25) is 0 Å². The van der Waals surface area contributed by atoms with Crippen molar-refractivity contribution in [3.63, 3.8) is 0 Å². The average molecular weight is 179 g/mol. The standard InChI is InChI=1S/C9H9NOS/c1-3-4-7-6(2)5-8(11)10-9(7)12/h3-5,11H,1-2H2,(H,10,12)/b7-4+. The third kappa shape index (κ3) is 1.62. The molecule has 3 heteroatoms. The van der Waals surface area contributed by atoms with Crippen molar-refractivity contribution in [2.24, 2.45) is 0 Å². The van der Waals surface area contributed by atoms with Crippen LogP contribution in [0.1, 0.15) is 0 Å². The van der Waals surface area contributed by atoms with Crippen LogP contribution in [-0.2, 0) is 0 Å². The molecule has 0 bridgehead atoms. The van der Waals surface area contributed by atoms with Gasteiger partial charge in [-0.2, -0.15) is 0 Å². The molecule has 0 aromatic carbocycles. The molecule has 0 radical (unpaired) electrons. The van der Waals surface area contributed by atoms with Crippen LogP contribution >= 0.6 is 12.2 Å². The van der Waals surface area contributed by atoms with Crippen molar-refractivity contribution < 1.29 is 5.11 Å². The number of hydrogen-bond acceptors (Lipinski definition) is 2. The first-order valence-corrected chi connectivity index (χ1v) is 3.80. The molecule has 0 fully saturated rings. The maximum Gasteiger partial charge on any atom is 0.189 e. The molecule has 0 spiro atoms. The molecular weight excluding hydrogens is 170 g/mol. The number of aromatic hydroxyl groups is 1. The number of rotatable bonds is 1. The molecule has 2 nitrogen and oxygen atoms in total. The maximum absolute atomic E-state index is 9.08. The SMILES string of the molecule is C=C/C=c1\c(=C)cc(O)[nH]c1=S. The lowest BCUT2D eigenvalue weighted by molar-refractivity contribution is 0.452. The zero-order chi connectivity index (χ0) is 9.14. The molecule has 1 aromatic rings. The molecule has 0 aliphatic rings. The van der Waals surface area contributed by atoms with Gasteiger partial charge < -0.3 is 10.1 Å². The number of aromatic amines is 1. The Hall–Kier alpha value is -1.35. The highest BCUT2D eigenvalue weighted by molar-refractivity contribution is 7.71. The van der Waals surface area contributed by atoms with Crippen molar-refractivity contribution in [1.29, 1.82) is 0 Å². The van der Waals surface area contributed by atoms with Gasteiger partial charge in [-0.15, -0.1) is 0 Å². The minimum absolute atomic E-state index is 0.0335. The van der Waals surface area contributed by atoms with E-state index in [-0.39, 0.29) is 5.88 Å². The Balaban J connectivity index is 3.73. The van der Waals surface area contributed by atoms with E-state index in [2.05, 4.69) is 18.1 Å². The normalized spacial score (nSPS) is 11.5. The first kappa shape index (κ1) is 8.74. The highest BCUT2D eigenvalue weighted by Crippen LogP contribution is 1.92. The van der Waals surface area contributed by atoms with E-state index in [1.165, 1.54) is 6.07 Å². The summed E-state index contributed by atoms with van der Waals surface area (Å²) in [6.45, 7) is 7.29. The summed E-state index contributed by atoms with van der Waals surface area (Å²) in [5.41, 5.74) is 0. The van der Waals surface area contributed by atoms with E-state index in [0.717, 1.165) is 5.22 Å². The topological polar surface area (TPSA) is 36.0 Å². The van der Waals surface area contributed by atoms with Crippen LogP contribution in [0.4, 0.5) is 0 Å². The van der Waals surface area contributed by atoms with Crippen molar-refractivity contribution >= 4 is 24.9 Å². The second-order valence-corrected chi connectivity index (χ2v) is 2.73. The number of H-pyrrole nitrogens is 1. The minimum Gasteiger partial charge on any atom is -0.495 e. The van der Waals surface area contributed by atoms with E-state index in [1.807, 2.05) is 0 Å². The Morgan fingerprint density at radius 3 is 2.75 bits per heavy atom. The summed E-state index contributed by atoms with van der Waals surface area (Å²) in [5, 5.41) is 10.6. The summed E-state index contributed by atoms with van der Waals surface area (Å²) >= 11 is 4.96. The van der Waals surface area contributed by atoms with Crippen molar-refractivity contribution in [2.75, 3.05) is 0 Å². The second-order valence-electron chi connectivity index (χ2n) is 2.32. The summed E-state index contributed by atoms with van der Waals surface area (Å²) in [6, 6.07) is 1.52. The summed E-state index contributed by atoms with van der Waals surface area (Å²) in [4.78, 5) is 2.62. The average Bonchev–Trinajstić information content (AvgIpc) is 1.96. The summed E-state index contributed by atoms with van der Waals surface area (Å²) in [5.74, 6) is 0.0335. The number of allylic oxidation sites excluding steroid dienone is 1. The lowest BCUT2D eigenvalue weighted by atomic mass is 10.3. The molecule has 62 valence electrons. The van der Waals surface area contributed by atoms with Crippen molar-refractivity contribution in [2.45, 2.75) is 0 Å². The zero-order valence-corrected chi connectivity index (χ0v) is 7.32. The van der Waals surface area contributed by atoms with E-state index >= 15 is 0 Å². The van der Waals surface area contributed by atoms with Crippen LogP contribution in [-0.4, -0.2) is 10.1 Å². The van der Waals surface area contributed by atoms with Gasteiger partial charge in [0.15, 0.2) is 5.88 Å². The van der Waals surface area contributed by atoms with E-state index in [0.29, 0.717) is 9.86 Å². The molecule has 1 heterocycles. The lowest BCUT2D eigenvalue weighted by Crippen LogP contribution is -2.24. The molecule has 2 N–H and O–H groups in total. The molecule has 0 unspecified atom stereocenters. The van der Waals surface area contributed by atoms with E-state index in [9.17, 15) is 0 Å². The van der Waals surface area contributed by atoms with Gasteiger partial charge in [0.1, 0.15) is 4.64 Å². The third-order valence-corrected chi connectivity index (χ3v) is 1.75. The van der Waals surface area contributed by atoms with Gasteiger partial charge >= 0.3 is 0 Å². The smallest absolute Gasteiger partial charge is 0.189 e. The number of nitrogens with one attached hydrogen (secondary N) is 1. The lowest BCUT2D eigenvalue weighted by Gasteiger charge is -1.92. The molecule has 0 saturated carbocycles. The molecule has 0 amide bonds. The predicted octanol–water partition coefficient (Wildman–Crippen LogP) is 0.827. The van der Waals surface area contributed by atoms with E-state index in [1.54, 1.807) is 12.2 Å². The molecule has 12 heavy (non-hydrogen) atoms. The second kappa shape index (κ2) is 3.36. The molecule has 0 atom stereocenters. The predicted molar refractivity (Wildman–Crippen MR) is 52.7 cm³/mol. The molecule has 1 rings (SSSR count). The fraction of sp³-hybridized carbons (Fsp3) is 0. The van der Waals surface area contributed by atoms with E-state index < -0.39 is 0 Å². The van der Waals surface area contributed by atoms with Gasteiger partial charge in [-0.05, 0) is 5.22 Å². The molecular formula is C9H9NOS. The van der Waals surface area contributed by atoms with Crippen LogP contribution in [0.15, 0.2) is 18.7 Å². The molecule has 0 aliphatic carbocycles. The van der Waals surface area contributed by atoms with Gasteiger partial charge in [-0.3, -0.25) is 0 Å². The Morgan fingerprint density at radius 1 is 1.58 bits per heavy atom. The highest BCUT2D eigenvalue weighted by Gasteiger charge is 1.89. The van der Waals surface area contributed by atoms with Crippen LogP contribution < -0.4 is 10.4 Å². The van der Waals surface area contributed by atoms with Gasteiger partial charge in [0.25, 0.3) is 0 Å². The number of hydrogen-bond donors (Lipinski definition) is 2. The minimum atomic E-state index is 0.0335. The van der Waals surface area contributed by atoms with Gasteiger partial charge in [0.2, 0.25) is 0 Å². The van der Waals surface area contributed by atoms with E-state index in [4.69, 9.17) is 17.3 Å². The molecule has 0 aliphatic heterocycles. The fourth-order valence-corrected chi connectivity index (χ4v) is 1.21. The van der Waals surface area contributed by atoms with Gasteiger partial charge in [-0.25, -0.2) is 0 Å². The van der Waals surface area contributed by atoms with Crippen molar-refractivity contribution in [3.05, 3.63) is 33.8 Å². The maximum atomic E-state index is 9.08. The van der Waals surface area contributed by atoms with Crippen LogP contribution in [0.3, 0.4) is 0 Å². The van der Waals surface area contributed by atoms with Gasteiger partial charge in [0.05, 0.1) is 0 Å². The first-order chi connectivity index (χ1) is 5.65. The Bertz CT molecular complexity index is 424. The molecule has 1 aromatic heterocycles. The third-order valence-electron chi connectivity index (χ3n) is 1.43. The summed E-state index contributed by atoms with van der Waals surface area (Å²) < 4.78 is 0.472. The van der Waals surface area contributed by atoms with Crippen molar-refractivity contribution in [3.8, 4) is 5.88 Å². The highest BCUT2D eigenvalue weighted by atomic mass is 32.1. The van der Waals surface area contributed by atoms with Gasteiger partial charge in [0, 0.05) is 11.3 Å². The quantitative estimate of drug-likeness (QED) is 0.626. The van der Waals surface area contributed by atoms with Crippen LogP contribution in [0.5, 0.6) is 5.88 Å². The van der Waals surface area contributed by atoms with Crippen LogP contribution in [0, 0.1) is 4.64 Å².